The van der Waals surface area contributed by atoms with E-state index in [1.807, 2.05) is 0 Å². The van der Waals surface area contributed by atoms with E-state index < -0.39 is 5.78 Å². The number of hydrogen-bond acceptors (Lipinski definition) is 7. The third-order valence-electron chi connectivity index (χ3n) is 4.03. The number of methoxy groups -OCH3 is 6. The Morgan fingerprint density at radius 3 is 1.10 bits per heavy atom. The average Bonchev–Trinajstić information content (AvgIpc) is 2.79. The van der Waals surface area contributed by atoms with Gasteiger partial charge in [-0.05, 0) is 23.7 Å². The van der Waals surface area contributed by atoms with Crippen molar-refractivity contribution in [2.45, 2.75) is 0 Å². The average molecular weight is 410 g/mol. The zero-order valence-corrected chi connectivity index (χ0v) is 17.7. The standard InChI is InChI=1S/C23H22O7/c1-25-16-11-20(27-3)18(21(12-16)28-4)9-7-15(24)8-10-19-22(29-5)13-17(26-2)14-23(19)30-6/h11-14H,1-6H3. The Morgan fingerprint density at radius 1 is 0.567 bits per heavy atom. The van der Waals surface area contributed by atoms with Crippen molar-refractivity contribution in [1.82, 2.24) is 0 Å². The topological polar surface area (TPSA) is 72.5 Å². The van der Waals surface area contributed by atoms with Gasteiger partial charge >= 0.3 is 0 Å². The predicted molar refractivity (Wildman–Crippen MR) is 111 cm³/mol. The summed E-state index contributed by atoms with van der Waals surface area (Å²) in [6.07, 6.45) is 0. The lowest BCUT2D eigenvalue weighted by atomic mass is 10.1. The smallest absolute Gasteiger partial charge is 0.279 e. The second kappa shape index (κ2) is 10.5. The van der Waals surface area contributed by atoms with E-state index in [4.69, 9.17) is 28.4 Å². The summed E-state index contributed by atoms with van der Waals surface area (Å²) in [5, 5.41) is 0. The molecule has 0 fully saturated rings. The largest absolute Gasteiger partial charge is 0.496 e. The van der Waals surface area contributed by atoms with Gasteiger partial charge in [-0.15, -0.1) is 0 Å². The van der Waals surface area contributed by atoms with Crippen molar-refractivity contribution in [2.24, 2.45) is 0 Å². The van der Waals surface area contributed by atoms with Crippen molar-refractivity contribution in [3.05, 3.63) is 35.4 Å². The lowest BCUT2D eigenvalue weighted by Gasteiger charge is -2.11. The molecule has 0 saturated carbocycles. The highest BCUT2D eigenvalue weighted by Crippen LogP contribution is 2.34. The molecule has 0 aliphatic carbocycles. The van der Waals surface area contributed by atoms with E-state index in [9.17, 15) is 4.79 Å². The second-order valence-electron chi connectivity index (χ2n) is 5.64. The number of hydrogen-bond donors (Lipinski definition) is 0. The first-order valence-corrected chi connectivity index (χ1v) is 8.69. The Balaban J connectivity index is 2.41. The fourth-order valence-corrected chi connectivity index (χ4v) is 2.53. The molecule has 0 aliphatic rings. The van der Waals surface area contributed by atoms with Crippen LogP contribution < -0.4 is 28.4 Å². The van der Waals surface area contributed by atoms with E-state index in [2.05, 4.69) is 23.7 Å². The molecule has 0 amide bonds. The van der Waals surface area contributed by atoms with Crippen LogP contribution in [0, 0.1) is 23.7 Å². The van der Waals surface area contributed by atoms with Gasteiger partial charge in [-0.25, -0.2) is 0 Å². The molecule has 0 aliphatic heterocycles. The minimum absolute atomic E-state index is 0.413. The van der Waals surface area contributed by atoms with Gasteiger partial charge in [0, 0.05) is 24.3 Å². The van der Waals surface area contributed by atoms with Gasteiger partial charge in [0.15, 0.2) is 0 Å². The highest BCUT2D eigenvalue weighted by Gasteiger charge is 2.13. The molecule has 0 spiro atoms. The summed E-state index contributed by atoms with van der Waals surface area (Å²) in [6.45, 7) is 0. The van der Waals surface area contributed by atoms with Crippen LogP contribution in [-0.4, -0.2) is 48.4 Å². The molecule has 2 aromatic carbocycles. The molecule has 156 valence electrons. The van der Waals surface area contributed by atoms with Gasteiger partial charge in [-0.3, -0.25) is 4.79 Å². The van der Waals surface area contributed by atoms with Crippen LogP contribution in [0.25, 0.3) is 0 Å². The fraction of sp³-hybridized carbons (Fsp3) is 0.261. The summed E-state index contributed by atoms with van der Waals surface area (Å²) in [5.41, 5.74) is 0.825. The first kappa shape index (κ1) is 22.3. The molecule has 30 heavy (non-hydrogen) atoms. The van der Waals surface area contributed by atoms with E-state index in [0.717, 1.165) is 0 Å². The molecule has 2 aromatic rings. The van der Waals surface area contributed by atoms with Crippen molar-refractivity contribution < 1.29 is 33.2 Å². The molecular weight excluding hydrogens is 388 g/mol. The number of carbonyl (C=O) groups excluding carboxylic acids is 1. The predicted octanol–water partition coefficient (Wildman–Crippen LogP) is 2.71. The van der Waals surface area contributed by atoms with Gasteiger partial charge in [0.2, 0.25) is 0 Å². The summed E-state index contributed by atoms with van der Waals surface area (Å²) in [5.74, 6) is 12.6. The van der Waals surface area contributed by atoms with Gasteiger partial charge in [0.1, 0.15) is 45.6 Å². The maximum absolute atomic E-state index is 12.3. The minimum Gasteiger partial charge on any atom is -0.496 e. The number of Topliss-reactive ketones (excluding diaryl/α,β-unsaturated/α-hetero) is 1. The molecule has 0 atom stereocenters. The number of ether oxygens (including phenoxy) is 6. The summed E-state index contributed by atoms with van der Waals surface area (Å²) in [4.78, 5) is 12.3. The number of carbonyl (C=O) groups is 1. The number of ketones is 1. The first-order chi connectivity index (χ1) is 14.5. The molecule has 0 saturated heterocycles. The lowest BCUT2D eigenvalue weighted by molar-refractivity contribution is -0.108. The van der Waals surface area contributed by atoms with Crippen molar-refractivity contribution in [3.63, 3.8) is 0 Å². The first-order valence-electron chi connectivity index (χ1n) is 8.69. The Bertz CT molecular complexity index is 915. The normalized spacial score (nSPS) is 9.27. The number of rotatable bonds is 6. The van der Waals surface area contributed by atoms with Crippen LogP contribution >= 0.6 is 0 Å². The van der Waals surface area contributed by atoms with E-state index in [1.54, 1.807) is 24.3 Å². The molecular formula is C23H22O7. The van der Waals surface area contributed by atoms with Crippen LogP contribution in [-0.2, 0) is 4.79 Å². The number of benzene rings is 2. The molecule has 0 bridgehead atoms. The Hall–Kier alpha value is -3.97. The molecule has 2 rings (SSSR count). The molecule has 0 radical (unpaired) electrons. The van der Waals surface area contributed by atoms with Crippen molar-refractivity contribution in [2.75, 3.05) is 42.7 Å². The van der Waals surface area contributed by atoms with Crippen molar-refractivity contribution in [1.29, 1.82) is 0 Å². The zero-order valence-electron chi connectivity index (χ0n) is 17.7. The van der Waals surface area contributed by atoms with Crippen LogP contribution in [0.3, 0.4) is 0 Å². The van der Waals surface area contributed by atoms with Crippen LogP contribution in [0.2, 0.25) is 0 Å². The SMILES string of the molecule is COc1cc(OC)c(C#CC(=O)C#Cc2c(OC)cc(OC)cc2OC)c(OC)c1. The Labute approximate surface area is 175 Å². The fourth-order valence-electron chi connectivity index (χ4n) is 2.53. The summed E-state index contributed by atoms with van der Waals surface area (Å²) in [6, 6.07) is 6.59. The van der Waals surface area contributed by atoms with Crippen LogP contribution in [0.4, 0.5) is 0 Å². The second-order valence-corrected chi connectivity index (χ2v) is 5.64. The Kier molecular flexibility index (Phi) is 7.84. The summed E-state index contributed by atoms with van der Waals surface area (Å²) >= 11 is 0. The van der Waals surface area contributed by atoms with Gasteiger partial charge in [-0.1, -0.05) is 0 Å². The third-order valence-corrected chi connectivity index (χ3v) is 4.03. The van der Waals surface area contributed by atoms with Gasteiger partial charge in [0.05, 0.1) is 42.7 Å². The maximum Gasteiger partial charge on any atom is 0.279 e. The van der Waals surface area contributed by atoms with Crippen molar-refractivity contribution in [3.8, 4) is 58.2 Å². The van der Waals surface area contributed by atoms with E-state index in [0.29, 0.717) is 45.6 Å². The van der Waals surface area contributed by atoms with Gasteiger partial charge in [0.25, 0.3) is 5.78 Å². The van der Waals surface area contributed by atoms with Crippen LogP contribution in [0.5, 0.6) is 34.5 Å². The molecule has 7 nitrogen and oxygen atoms in total. The molecule has 0 N–H and O–H groups in total. The van der Waals surface area contributed by atoms with Crippen LogP contribution in [0.1, 0.15) is 11.1 Å². The van der Waals surface area contributed by atoms with Crippen molar-refractivity contribution >= 4 is 5.78 Å². The Morgan fingerprint density at radius 2 is 0.867 bits per heavy atom. The van der Waals surface area contributed by atoms with E-state index in [-0.39, 0.29) is 0 Å². The van der Waals surface area contributed by atoms with Gasteiger partial charge in [-0.2, -0.15) is 0 Å². The third kappa shape index (κ3) is 5.09. The molecule has 0 heterocycles. The maximum atomic E-state index is 12.3. The summed E-state index contributed by atoms with van der Waals surface area (Å²) in [7, 11) is 9.01. The minimum atomic E-state index is -0.602. The highest BCUT2D eigenvalue weighted by atomic mass is 16.5. The van der Waals surface area contributed by atoms with Gasteiger partial charge < -0.3 is 28.4 Å². The highest BCUT2D eigenvalue weighted by molar-refractivity contribution is 6.09. The monoisotopic (exact) mass is 410 g/mol. The summed E-state index contributed by atoms with van der Waals surface area (Å²) < 4.78 is 31.7. The molecule has 7 heteroatoms. The zero-order chi connectivity index (χ0) is 22.1. The van der Waals surface area contributed by atoms with E-state index in [1.165, 1.54) is 42.7 Å². The lowest BCUT2D eigenvalue weighted by Crippen LogP contribution is -1.97. The van der Waals surface area contributed by atoms with Crippen LogP contribution in [0.15, 0.2) is 24.3 Å². The quantitative estimate of drug-likeness (QED) is 0.678. The molecule has 0 unspecified atom stereocenters. The van der Waals surface area contributed by atoms with E-state index >= 15 is 0 Å². The molecule has 0 aromatic heterocycles.